The molecule has 1 N–H and O–H groups in total. The summed E-state index contributed by atoms with van der Waals surface area (Å²) in [6.45, 7) is 2.30. The highest BCUT2D eigenvalue weighted by atomic mass is 16.6. The van der Waals surface area contributed by atoms with Crippen molar-refractivity contribution < 1.29 is 23.8 Å². The van der Waals surface area contributed by atoms with Gasteiger partial charge < -0.3 is 19.5 Å². The third kappa shape index (κ3) is 4.38. The van der Waals surface area contributed by atoms with Crippen LogP contribution in [0.3, 0.4) is 0 Å². The molecule has 0 saturated carbocycles. The van der Waals surface area contributed by atoms with E-state index in [1.807, 2.05) is 19.1 Å². The lowest BCUT2D eigenvalue weighted by atomic mass is 10.2. The Morgan fingerprint density at radius 1 is 1.32 bits per heavy atom. The number of aryl methyl sites for hydroxylation is 1. The molecular weight excluding hydrogens is 286 g/mol. The van der Waals surface area contributed by atoms with Gasteiger partial charge in [-0.2, -0.15) is 0 Å². The number of methoxy groups -OCH3 is 1. The Labute approximate surface area is 129 Å². The predicted octanol–water partition coefficient (Wildman–Crippen LogP) is 1.59. The van der Waals surface area contributed by atoms with E-state index >= 15 is 0 Å². The van der Waals surface area contributed by atoms with Crippen molar-refractivity contribution in [3.63, 3.8) is 0 Å². The minimum absolute atomic E-state index is 0.237. The number of ether oxygens (including phenoxy) is 3. The lowest BCUT2D eigenvalue weighted by Gasteiger charge is -2.15. The van der Waals surface area contributed by atoms with Crippen LogP contribution in [0, 0.1) is 6.92 Å². The number of rotatable bonds is 5. The van der Waals surface area contributed by atoms with E-state index in [2.05, 4.69) is 5.32 Å². The number of carbonyl (C=O) groups is 2. The van der Waals surface area contributed by atoms with Gasteiger partial charge in [-0.05, 0) is 43.9 Å². The van der Waals surface area contributed by atoms with Crippen molar-refractivity contribution >= 4 is 11.9 Å². The molecule has 120 valence electrons. The van der Waals surface area contributed by atoms with Gasteiger partial charge in [-0.1, -0.05) is 6.07 Å². The highest BCUT2D eigenvalue weighted by Gasteiger charge is 2.24. The van der Waals surface area contributed by atoms with Crippen LogP contribution in [0.2, 0.25) is 0 Å². The normalized spacial score (nSPS) is 18.1. The van der Waals surface area contributed by atoms with E-state index in [0.717, 1.165) is 18.4 Å². The number of hydrogen-bond acceptors (Lipinski definition) is 5. The molecule has 1 heterocycles. The van der Waals surface area contributed by atoms with Crippen LogP contribution in [0.25, 0.3) is 0 Å². The van der Waals surface area contributed by atoms with Gasteiger partial charge in [0, 0.05) is 6.54 Å². The monoisotopic (exact) mass is 307 g/mol. The summed E-state index contributed by atoms with van der Waals surface area (Å²) in [5.74, 6) is 0.221. The molecule has 1 fully saturated rings. The first kappa shape index (κ1) is 16.1. The van der Waals surface area contributed by atoms with Crippen LogP contribution in [0.15, 0.2) is 18.2 Å². The van der Waals surface area contributed by atoms with Gasteiger partial charge in [0.25, 0.3) is 5.91 Å². The van der Waals surface area contributed by atoms with E-state index in [9.17, 15) is 9.59 Å². The molecule has 1 aliphatic heterocycles. The number of benzene rings is 1. The number of nitrogens with one attached hydrogen (secondary N) is 1. The highest BCUT2D eigenvalue weighted by Crippen LogP contribution is 2.27. The third-order valence-corrected chi connectivity index (χ3v) is 3.42. The second-order valence-corrected chi connectivity index (χ2v) is 5.21. The fourth-order valence-electron chi connectivity index (χ4n) is 2.25. The summed E-state index contributed by atoms with van der Waals surface area (Å²) in [5, 5.41) is 2.72. The smallest absolute Gasteiger partial charge is 0.344 e. The Balaban J connectivity index is 1.88. The van der Waals surface area contributed by atoms with Crippen molar-refractivity contribution in [2.45, 2.75) is 32.3 Å². The fraction of sp³-hybridized carbons (Fsp3) is 0.500. The van der Waals surface area contributed by atoms with Crippen LogP contribution in [0.5, 0.6) is 11.5 Å². The van der Waals surface area contributed by atoms with Crippen molar-refractivity contribution in [3.8, 4) is 11.5 Å². The van der Waals surface area contributed by atoms with Gasteiger partial charge in [0.1, 0.15) is 0 Å². The van der Waals surface area contributed by atoms with E-state index in [4.69, 9.17) is 14.2 Å². The Hall–Kier alpha value is -2.24. The average molecular weight is 307 g/mol. The molecule has 0 aliphatic carbocycles. The second-order valence-electron chi connectivity index (χ2n) is 5.21. The zero-order chi connectivity index (χ0) is 15.9. The topological polar surface area (TPSA) is 73.9 Å². The molecule has 6 nitrogen and oxygen atoms in total. The Morgan fingerprint density at radius 3 is 2.91 bits per heavy atom. The van der Waals surface area contributed by atoms with Crippen LogP contribution >= 0.6 is 0 Å². The lowest BCUT2D eigenvalue weighted by molar-refractivity contribution is -0.157. The molecule has 6 heteroatoms. The van der Waals surface area contributed by atoms with Gasteiger partial charge in [-0.25, -0.2) is 4.79 Å². The summed E-state index contributed by atoms with van der Waals surface area (Å²) in [6, 6.07) is 5.42. The van der Waals surface area contributed by atoms with Crippen molar-refractivity contribution in [1.29, 1.82) is 0 Å². The highest BCUT2D eigenvalue weighted by molar-refractivity contribution is 5.84. The Bertz CT molecular complexity index is 543. The van der Waals surface area contributed by atoms with E-state index in [1.54, 1.807) is 6.07 Å². The van der Waals surface area contributed by atoms with E-state index in [-0.39, 0.29) is 12.5 Å². The van der Waals surface area contributed by atoms with Crippen molar-refractivity contribution in [3.05, 3.63) is 23.8 Å². The summed E-state index contributed by atoms with van der Waals surface area (Å²) >= 11 is 0. The van der Waals surface area contributed by atoms with Crippen LogP contribution in [0.1, 0.15) is 24.8 Å². The van der Waals surface area contributed by atoms with Gasteiger partial charge in [0.05, 0.1) is 7.11 Å². The summed E-state index contributed by atoms with van der Waals surface area (Å²) in [7, 11) is 1.54. The van der Waals surface area contributed by atoms with Crippen LogP contribution in [-0.2, 0) is 14.3 Å². The molecule has 0 bridgehead atoms. The molecule has 1 aliphatic rings. The largest absolute Gasteiger partial charge is 0.493 e. The summed E-state index contributed by atoms with van der Waals surface area (Å²) in [4.78, 5) is 23.6. The Morgan fingerprint density at radius 2 is 2.14 bits per heavy atom. The predicted molar refractivity (Wildman–Crippen MR) is 80.0 cm³/mol. The minimum Gasteiger partial charge on any atom is -0.493 e. The van der Waals surface area contributed by atoms with Gasteiger partial charge >= 0.3 is 5.97 Å². The first-order chi connectivity index (χ1) is 10.6. The molecule has 1 aromatic rings. The third-order valence-electron chi connectivity index (χ3n) is 3.42. The molecule has 22 heavy (non-hydrogen) atoms. The quantitative estimate of drug-likeness (QED) is 0.836. The molecule has 1 saturated heterocycles. The van der Waals surface area contributed by atoms with Gasteiger partial charge in [0.2, 0.25) is 0 Å². The molecule has 2 rings (SSSR count). The summed E-state index contributed by atoms with van der Waals surface area (Å²) in [5.41, 5.74) is 1.03. The maximum atomic E-state index is 11.8. The van der Waals surface area contributed by atoms with Gasteiger partial charge in [-0.3, -0.25) is 4.79 Å². The number of carbonyl (C=O) groups excluding carboxylic acids is 2. The van der Waals surface area contributed by atoms with E-state index in [0.29, 0.717) is 24.5 Å². The minimum atomic E-state index is -0.724. The standard InChI is InChI=1S/C16H21NO5/c1-11-6-7-12(14(9-11)20-2)21-10-15(18)22-13-5-3-4-8-17-16(13)19/h6-7,9,13H,3-5,8,10H2,1-2H3,(H,17,19). The first-order valence-corrected chi connectivity index (χ1v) is 7.35. The number of amides is 1. The fourth-order valence-corrected chi connectivity index (χ4v) is 2.25. The van der Waals surface area contributed by atoms with E-state index < -0.39 is 12.1 Å². The van der Waals surface area contributed by atoms with E-state index in [1.165, 1.54) is 7.11 Å². The van der Waals surface area contributed by atoms with Crippen molar-refractivity contribution in [1.82, 2.24) is 5.32 Å². The van der Waals surface area contributed by atoms with Crippen molar-refractivity contribution in [2.24, 2.45) is 0 Å². The maximum absolute atomic E-state index is 11.8. The van der Waals surface area contributed by atoms with Crippen molar-refractivity contribution in [2.75, 3.05) is 20.3 Å². The summed E-state index contributed by atoms with van der Waals surface area (Å²) < 4.78 is 15.8. The zero-order valence-electron chi connectivity index (χ0n) is 12.9. The summed E-state index contributed by atoms with van der Waals surface area (Å²) in [6.07, 6.45) is 1.57. The number of hydrogen-bond donors (Lipinski definition) is 1. The van der Waals surface area contributed by atoms with Crippen LogP contribution in [-0.4, -0.2) is 38.2 Å². The molecule has 1 unspecified atom stereocenters. The van der Waals surface area contributed by atoms with Crippen LogP contribution in [0.4, 0.5) is 0 Å². The Kier molecular flexibility index (Phi) is 5.63. The zero-order valence-corrected chi connectivity index (χ0v) is 12.9. The van der Waals surface area contributed by atoms with Gasteiger partial charge in [-0.15, -0.1) is 0 Å². The maximum Gasteiger partial charge on any atom is 0.344 e. The second kappa shape index (κ2) is 7.68. The molecule has 1 atom stereocenters. The van der Waals surface area contributed by atoms with Gasteiger partial charge in [0.15, 0.2) is 24.2 Å². The molecule has 0 spiro atoms. The first-order valence-electron chi connectivity index (χ1n) is 7.35. The number of esters is 1. The lowest BCUT2D eigenvalue weighted by Crippen LogP contribution is -2.37. The average Bonchev–Trinajstić information content (AvgIpc) is 2.71. The molecule has 0 radical (unpaired) electrons. The molecule has 1 aromatic carbocycles. The molecule has 1 amide bonds. The SMILES string of the molecule is COc1cc(C)ccc1OCC(=O)OC1CCCCNC1=O. The molecular formula is C16H21NO5. The molecule has 0 aromatic heterocycles. The van der Waals surface area contributed by atoms with Crippen LogP contribution < -0.4 is 14.8 Å².